The molecule has 0 aromatic heterocycles. The number of carbonyl (C=O) groups is 3. The number of primary amides is 1. The number of hydrogen-bond donors (Lipinski definition) is 3. The zero-order chi connectivity index (χ0) is 10.4. The summed E-state index contributed by atoms with van der Waals surface area (Å²) in [7, 11) is 0. The van der Waals surface area contributed by atoms with Gasteiger partial charge in [-0.15, -0.1) is 0 Å². The van der Waals surface area contributed by atoms with E-state index in [9.17, 15) is 14.4 Å². The molecule has 0 aliphatic carbocycles. The van der Waals surface area contributed by atoms with E-state index in [1.54, 1.807) is 0 Å². The van der Waals surface area contributed by atoms with Crippen LogP contribution in [0.5, 0.6) is 0 Å². The second kappa shape index (κ2) is 4.91. The van der Waals surface area contributed by atoms with Gasteiger partial charge in [0.05, 0.1) is 12.8 Å². The van der Waals surface area contributed by atoms with Crippen LogP contribution in [0.2, 0.25) is 0 Å². The minimum atomic E-state index is -1.23. The van der Waals surface area contributed by atoms with Gasteiger partial charge in [-0.25, -0.2) is 0 Å². The second-order valence-corrected chi connectivity index (χ2v) is 2.26. The van der Waals surface area contributed by atoms with Crippen molar-refractivity contribution in [1.82, 2.24) is 0 Å². The van der Waals surface area contributed by atoms with Crippen LogP contribution in [-0.2, 0) is 14.4 Å². The van der Waals surface area contributed by atoms with Gasteiger partial charge < -0.3 is 15.9 Å². The number of hydrogen-bond acceptors (Lipinski definition) is 3. The van der Waals surface area contributed by atoms with E-state index in [1.165, 1.54) is 0 Å². The van der Waals surface area contributed by atoms with Crippen molar-refractivity contribution in [2.45, 2.75) is 12.8 Å². The first kappa shape index (κ1) is 11.2. The van der Waals surface area contributed by atoms with Crippen LogP contribution in [0.15, 0.2) is 11.6 Å². The van der Waals surface area contributed by atoms with Crippen molar-refractivity contribution in [3.8, 4) is 0 Å². The summed E-state index contributed by atoms with van der Waals surface area (Å²) in [6.45, 7) is 0. The van der Waals surface area contributed by atoms with Gasteiger partial charge in [0.2, 0.25) is 5.91 Å². The standard InChI is InChI=1S/C7H9NO5/c8-7(13)4(3-6(11)12)1-2-5(9)10/h1H,2-3H2,(H2,8,13)(H,9,10)(H,11,12). The van der Waals surface area contributed by atoms with Crippen molar-refractivity contribution in [3.05, 3.63) is 11.6 Å². The molecule has 72 valence electrons. The number of carboxylic acids is 2. The van der Waals surface area contributed by atoms with Crippen LogP contribution in [0.3, 0.4) is 0 Å². The molecule has 0 aliphatic rings. The highest BCUT2D eigenvalue weighted by Gasteiger charge is 2.09. The van der Waals surface area contributed by atoms with E-state index in [1.807, 2.05) is 0 Å². The Hall–Kier alpha value is -1.85. The SMILES string of the molecule is NC(=O)C(=CCC(=O)O)CC(=O)O. The number of amides is 1. The molecular weight excluding hydrogens is 178 g/mol. The Labute approximate surface area is 73.7 Å². The number of carboxylic acid groups (broad SMARTS) is 2. The minimum absolute atomic E-state index is 0.199. The van der Waals surface area contributed by atoms with Crippen molar-refractivity contribution >= 4 is 17.8 Å². The summed E-state index contributed by atoms with van der Waals surface area (Å²) in [5.41, 5.74) is 4.61. The molecule has 0 fully saturated rings. The molecule has 0 aliphatic heterocycles. The molecule has 1 amide bonds. The Kier molecular flexibility index (Phi) is 4.21. The van der Waals surface area contributed by atoms with E-state index in [2.05, 4.69) is 0 Å². The molecule has 0 aromatic rings. The van der Waals surface area contributed by atoms with Crippen molar-refractivity contribution < 1.29 is 24.6 Å². The second-order valence-electron chi connectivity index (χ2n) is 2.26. The third kappa shape index (κ3) is 5.42. The highest BCUT2D eigenvalue weighted by Crippen LogP contribution is 2.02. The van der Waals surface area contributed by atoms with E-state index in [0.29, 0.717) is 0 Å². The maximum atomic E-state index is 10.5. The molecule has 6 nitrogen and oxygen atoms in total. The smallest absolute Gasteiger partial charge is 0.308 e. The number of nitrogens with two attached hydrogens (primary N) is 1. The topological polar surface area (TPSA) is 118 Å². The molecule has 0 radical (unpaired) electrons. The first-order chi connectivity index (χ1) is 5.93. The van der Waals surface area contributed by atoms with Crippen LogP contribution in [0.25, 0.3) is 0 Å². The van der Waals surface area contributed by atoms with Crippen molar-refractivity contribution in [2.75, 3.05) is 0 Å². The monoisotopic (exact) mass is 187 g/mol. The van der Waals surface area contributed by atoms with Crippen LogP contribution in [0.1, 0.15) is 12.8 Å². The zero-order valence-corrected chi connectivity index (χ0v) is 6.69. The van der Waals surface area contributed by atoms with Crippen LogP contribution in [-0.4, -0.2) is 28.1 Å². The Morgan fingerprint density at radius 2 is 1.69 bits per heavy atom. The zero-order valence-electron chi connectivity index (χ0n) is 6.69. The molecule has 13 heavy (non-hydrogen) atoms. The average Bonchev–Trinajstić information content (AvgIpc) is 1.96. The summed E-state index contributed by atoms with van der Waals surface area (Å²) in [4.78, 5) is 30.8. The van der Waals surface area contributed by atoms with Gasteiger partial charge in [0, 0.05) is 5.57 Å². The lowest BCUT2D eigenvalue weighted by Crippen LogP contribution is -2.17. The Morgan fingerprint density at radius 3 is 2.00 bits per heavy atom. The lowest BCUT2D eigenvalue weighted by molar-refractivity contribution is -0.137. The molecule has 0 saturated carbocycles. The van der Waals surface area contributed by atoms with E-state index in [4.69, 9.17) is 15.9 Å². The first-order valence-electron chi connectivity index (χ1n) is 3.36. The van der Waals surface area contributed by atoms with E-state index in [0.717, 1.165) is 6.08 Å². The predicted octanol–water partition coefficient (Wildman–Crippen LogP) is -0.652. The summed E-state index contributed by atoms with van der Waals surface area (Å²) in [5, 5.41) is 16.5. The molecular formula is C7H9NO5. The van der Waals surface area contributed by atoms with Crippen molar-refractivity contribution in [1.29, 1.82) is 0 Å². The summed E-state index contributed by atoms with van der Waals surface area (Å²) >= 11 is 0. The maximum absolute atomic E-state index is 10.5. The Balaban J connectivity index is 4.41. The molecule has 0 spiro atoms. The van der Waals surface area contributed by atoms with Gasteiger partial charge in [-0.3, -0.25) is 14.4 Å². The van der Waals surface area contributed by atoms with Gasteiger partial charge >= 0.3 is 11.9 Å². The van der Waals surface area contributed by atoms with Crippen molar-refractivity contribution in [3.63, 3.8) is 0 Å². The molecule has 6 heteroatoms. The average molecular weight is 187 g/mol. The predicted molar refractivity (Wildman–Crippen MR) is 41.8 cm³/mol. The van der Waals surface area contributed by atoms with Crippen molar-refractivity contribution in [2.24, 2.45) is 5.73 Å². The van der Waals surface area contributed by atoms with E-state index in [-0.39, 0.29) is 5.57 Å². The van der Waals surface area contributed by atoms with Gasteiger partial charge in [-0.2, -0.15) is 0 Å². The largest absolute Gasteiger partial charge is 0.481 e. The fourth-order valence-electron chi connectivity index (χ4n) is 0.633. The highest BCUT2D eigenvalue weighted by atomic mass is 16.4. The third-order valence-corrected chi connectivity index (χ3v) is 1.18. The van der Waals surface area contributed by atoms with E-state index < -0.39 is 30.7 Å². The van der Waals surface area contributed by atoms with Gasteiger partial charge in [-0.05, 0) is 0 Å². The number of rotatable bonds is 5. The fraction of sp³-hybridized carbons (Fsp3) is 0.286. The summed E-state index contributed by atoms with van der Waals surface area (Å²) in [6.07, 6.45) is 0.0347. The molecule has 0 unspecified atom stereocenters. The number of aliphatic carboxylic acids is 2. The third-order valence-electron chi connectivity index (χ3n) is 1.18. The molecule has 0 bridgehead atoms. The van der Waals surface area contributed by atoms with Gasteiger partial charge in [-0.1, -0.05) is 6.08 Å². The van der Waals surface area contributed by atoms with E-state index >= 15 is 0 Å². The van der Waals surface area contributed by atoms with Gasteiger partial charge in [0.15, 0.2) is 0 Å². The lowest BCUT2D eigenvalue weighted by atomic mass is 10.1. The van der Waals surface area contributed by atoms with Crippen LogP contribution < -0.4 is 5.73 Å². The Bertz CT molecular complexity index is 268. The molecule has 0 rings (SSSR count). The minimum Gasteiger partial charge on any atom is -0.481 e. The van der Waals surface area contributed by atoms with Crippen LogP contribution >= 0.6 is 0 Å². The normalized spacial score (nSPS) is 10.9. The summed E-state index contributed by atoms with van der Waals surface area (Å²) in [5.74, 6) is -3.29. The molecule has 4 N–H and O–H groups in total. The van der Waals surface area contributed by atoms with Crippen LogP contribution in [0, 0.1) is 0 Å². The summed E-state index contributed by atoms with van der Waals surface area (Å²) in [6, 6.07) is 0. The molecule has 0 saturated heterocycles. The maximum Gasteiger partial charge on any atom is 0.308 e. The van der Waals surface area contributed by atoms with Gasteiger partial charge in [0.1, 0.15) is 0 Å². The first-order valence-corrected chi connectivity index (χ1v) is 3.36. The Morgan fingerprint density at radius 1 is 1.15 bits per heavy atom. The van der Waals surface area contributed by atoms with Crippen LogP contribution in [0.4, 0.5) is 0 Å². The lowest BCUT2D eigenvalue weighted by Gasteiger charge is -1.97. The molecule has 0 heterocycles. The fourth-order valence-corrected chi connectivity index (χ4v) is 0.633. The quantitative estimate of drug-likeness (QED) is 0.494. The highest BCUT2D eigenvalue weighted by molar-refractivity contribution is 5.96. The van der Waals surface area contributed by atoms with Gasteiger partial charge in [0.25, 0.3) is 0 Å². The summed E-state index contributed by atoms with van der Waals surface area (Å²) < 4.78 is 0. The number of carbonyl (C=O) groups excluding carboxylic acids is 1. The molecule has 0 atom stereocenters. The molecule has 0 aromatic carbocycles.